The summed E-state index contributed by atoms with van der Waals surface area (Å²) in [6.07, 6.45) is 2.99. The first kappa shape index (κ1) is 21.1. The summed E-state index contributed by atoms with van der Waals surface area (Å²) in [5.41, 5.74) is -0.0539. The van der Waals surface area contributed by atoms with Crippen molar-refractivity contribution < 1.29 is 19.1 Å². The average molecular weight is 458 g/mol. The summed E-state index contributed by atoms with van der Waals surface area (Å²) >= 11 is 2.15. The van der Waals surface area contributed by atoms with E-state index >= 15 is 0 Å². The highest BCUT2D eigenvalue weighted by Crippen LogP contribution is 2.21. The van der Waals surface area contributed by atoms with E-state index < -0.39 is 17.5 Å². The van der Waals surface area contributed by atoms with Gasteiger partial charge in [0.05, 0.1) is 25.7 Å². The summed E-state index contributed by atoms with van der Waals surface area (Å²) in [5, 5.41) is 0. The Morgan fingerprint density at radius 2 is 1.80 bits per heavy atom. The van der Waals surface area contributed by atoms with E-state index in [1.165, 1.54) is 27.2 Å². The summed E-state index contributed by atoms with van der Waals surface area (Å²) in [5.74, 6) is -1.24. The molecule has 0 saturated carbocycles. The molecule has 1 aromatic carbocycles. The molecule has 0 saturated heterocycles. The summed E-state index contributed by atoms with van der Waals surface area (Å²) in [6, 6.07) is 9.64. The Kier molecular flexibility index (Phi) is 8.08. The van der Waals surface area contributed by atoms with E-state index in [-0.39, 0.29) is 11.7 Å². The fraction of sp³-hybridized carbons (Fsp3) is 0.389. The Balaban J connectivity index is 0.00000151. The first-order chi connectivity index (χ1) is 11.9. The fourth-order valence-electron chi connectivity index (χ4n) is 2.24. The van der Waals surface area contributed by atoms with Crippen LogP contribution in [0.15, 0.2) is 42.9 Å². The molecular weight excluding hydrogens is 435 g/mol. The van der Waals surface area contributed by atoms with Gasteiger partial charge in [0.25, 0.3) is 0 Å². The lowest BCUT2D eigenvalue weighted by molar-refractivity contribution is -0.159. The molecule has 1 heterocycles. The number of rotatable bonds is 5. The van der Waals surface area contributed by atoms with Crippen LogP contribution in [0.25, 0.3) is 0 Å². The number of methoxy groups -OCH3 is 1. The third-order valence-corrected chi connectivity index (χ3v) is 3.60. The maximum Gasteiger partial charge on any atom is 0.357 e. The second-order valence-electron chi connectivity index (χ2n) is 5.66. The number of nitrogens with zero attached hydrogens (tertiary/aromatic N) is 2. The molecule has 25 heavy (non-hydrogen) atoms. The molecular formula is C18H23IN2O4. The van der Waals surface area contributed by atoms with Crippen molar-refractivity contribution in [2.24, 2.45) is 0 Å². The zero-order chi connectivity index (χ0) is 19.0. The van der Waals surface area contributed by atoms with Crippen LogP contribution in [0.2, 0.25) is 0 Å². The van der Waals surface area contributed by atoms with Crippen LogP contribution in [-0.2, 0) is 14.3 Å². The molecule has 2 rings (SSSR count). The molecule has 7 heteroatoms. The van der Waals surface area contributed by atoms with E-state index in [1.807, 2.05) is 42.2 Å². The maximum atomic E-state index is 12.4. The fourth-order valence-corrected chi connectivity index (χ4v) is 2.24. The number of hydrogen-bond donors (Lipinski definition) is 0. The first-order valence-corrected chi connectivity index (χ1v) is 9.79. The van der Waals surface area contributed by atoms with Gasteiger partial charge in [-0.05, 0) is 31.3 Å². The van der Waals surface area contributed by atoms with Gasteiger partial charge in [-0.2, -0.15) is 0 Å². The van der Waals surface area contributed by atoms with Gasteiger partial charge in [-0.25, -0.2) is 14.6 Å². The Morgan fingerprint density at radius 3 is 2.36 bits per heavy atom. The Morgan fingerprint density at radius 1 is 1.20 bits per heavy atom. The number of ether oxygens (including phenoxy) is 2. The predicted octanol–water partition coefficient (Wildman–Crippen LogP) is 3.65. The lowest BCUT2D eigenvalue weighted by atomic mass is 10.1. The van der Waals surface area contributed by atoms with Crippen molar-refractivity contribution >= 4 is 34.5 Å². The molecule has 0 aliphatic heterocycles. The highest BCUT2D eigenvalue weighted by Gasteiger charge is 2.34. The molecule has 0 bridgehead atoms. The standard InChI is InChI=1S/C17H20N2O4.CH3I/c1-12(13-8-6-5-7-9-13)19-11-18-10-14(19)15(20)23-17(2,3)16(21)22-4;1-2/h5-12H,1-4H3;1H3/t12-;/m1./s1. The highest BCUT2D eigenvalue weighted by atomic mass is 127. The molecule has 0 amide bonds. The Hall–Kier alpha value is -1.90. The van der Waals surface area contributed by atoms with E-state index in [2.05, 4.69) is 32.3 Å². The second kappa shape index (κ2) is 9.55. The van der Waals surface area contributed by atoms with E-state index in [0.29, 0.717) is 0 Å². The van der Waals surface area contributed by atoms with Gasteiger partial charge in [-0.1, -0.05) is 52.9 Å². The molecule has 136 valence electrons. The topological polar surface area (TPSA) is 70.4 Å². The van der Waals surface area contributed by atoms with Crippen LogP contribution in [-0.4, -0.2) is 39.1 Å². The third-order valence-electron chi connectivity index (χ3n) is 3.60. The molecule has 6 nitrogen and oxygen atoms in total. The van der Waals surface area contributed by atoms with Gasteiger partial charge in [0.15, 0.2) is 0 Å². The van der Waals surface area contributed by atoms with Crippen molar-refractivity contribution in [3.8, 4) is 0 Å². The summed E-state index contributed by atoms with van der Waals surface area (Å²) in [7, 11) is 1.25. The normalized spacial score (nSPS) is 11.8. The number of esters is 2. The van der Waals surface area contributed by atoms with Gasteiger partial charge >= 0.3 is 11.9 Å². The van der Waals surface area contributed by atoms with Gasteiger partial charge in [0.1, 0.15) is 5.69 Å². The van der Waals surface area contributed by atoms with E-state index in [9.17, 15) is 9.59 Å². The maximum absolute atomic E-state index is 12.4. The van der Waals surface area contributed by atoms with Gasteiger partial charge < -0.3 is 14.0 Å². The van der Waals surface area contributed by atoms with Crippen molar-refractivity contribution in [2.45, 2.75) is 32.4 Å². The lowest BCUT2D eigenvalue weighted by Gasteiger charge is -2.23. The molecule has 2 aromatic rings. The van der Waals surface area contributed by atoms with Crippen molar-refractivity contribution in [3.63, 3.8) is 0 Å². The molecule has 0 aliphatic carbocycles. The van der Waals surface area contributed by atoms with Gasteiger partial charge in [-0.3, -0.25) is 0 Å². The largest absolute Gasteiger partial charge is 0.466 e. The van der Waals surface area contributed by atoms with Crippen LogP contribution >= 0.6 is 22.6 Å². The van der Waals surface area contributed by atoms with Crippen LogP contribution < -0.4 is 0 Å². The summed E-state index contributed by atoms with van der Waals surface area (Å²) in [6.45, 7) is 4.93. The van der Waals surface area contributed by atoms with Crippen LogP contribution in [0, 0.1) is 0 Å². The minimum Gasteiger partial charge on any atom is -0.466 e. The molecule has 0 fully saturated rings. The molecule has 0 spiro atoms. The average Bonchev–Trinajstić information content (AvgIpc) is 3.12. The zero-order valence-electron chi connectivity index (χ0n) is 15.0. The zero-order valence-corrected chi connectivity index (χ0v) is 17.2. The van der Waals surface area contributed by atoms with E-state index in [0.717, 1.165) is 5.56 Å². The minimum atomic E-state index is -1.36. The third kappa shape index (κ3) is 5.29. The summed E-state index contributed by atoms with van der Waals surface area (Å²) < 4.78 is 11.6. The Bertz CT molecular complexity index is 698. The van der Waals surface area contributed by atoms with Crippen LogP contribution in [0.5, 0.6) is 0 Å². The molecule has 0 N–H and O–H groups in total. The number of aromatic nitrogens is 2. The van der Waals surface area contributed by atoms with E-state index in [4.69, 9.17) is 4.74 Å². The quantitative estimate of drug-likeness (QED) is 0.389. The number of alkyl halides is 1. The van der Waals surface area contributed by atoms with Gasteiger partial charge in [0.2, 0.25) is 5.60 Å². The number of benzene rings is 1. The number of imidazole rings is 1. The van der Waals surface area contributed by atoms with Crippen LogP contribution in [0.3, 0.4) is 0 Å². The number of carbonyl (C=O) groups excluding carboxylic acids is 2. The molecule has 1 aromatic heterocycles. The second-order valence-corrected chi connectivity index (χ2v) is 5.66. The highest BCUT2D eigenvalue weighted by molar-refractivity contribution is 14.1. The number of hydrogen-bond acceptors (Lipinski definition) is 5. The monoisotopic (exact) mass is 458 g/mol. The molecule has 1 atom stereocenters. The van der Waals surface area contributed by atoms with Crippen molar-refractivity contribution in [3.05, 3.63) is 54.1 Å². The van der Waals surface area contributed by atoms with Crippen molar-refractivity contribution in [2.75, 3.05) is 12.0 Å². The molecule has 0 aliphatic rings. The minimum absolute atomic E-state index is 0.0949. The molecule has 0 radical (unpaired) electrons. The van der Waals surface area contributed by atoms with Crippen molar-refractivity contribution in [1.29, 1.82) is 0 Å². The van der Waals surface area contributed by atoms with Gasteiger partial charge in [-0.15, -0.1) is 0 Å². The van der Waals surface area contributed by atoms with Crippen molar-refractivity contribution in [1.82, 2.24) is 9.55 Å². The first-order valence-electron chi connectivity index (χ1n) is 7.63. The smallest absolute Gasteiger partial charge is 0.357 e. The lowest BCUT2D eigenvalue weighted by Crippen LogP contribution is -2.38. The van der Waals surface area contributed by atoms with E-state index in [1.54, 1.807) is 10.9 Å². The molecule has 0 unspecified atom stereocenters. The summed E-state index contributed by atoms with van der Waals surface area (Å²) in [4.78, 5) is 30.1. The Labute approximate surface area is 161 Å². The number of halogens is 1. The SMILES string of the molecule is CI.COC(=O)C(C)(C)OC(=O)c1cncn1[C@H](C)c1ccccc1. The van der Waals surface area contributed by atoms with Gasteiger partial charge in [0, 0.05) is 0 Å². The number of carbonyl (C=O) groups is 2. The predicted molar refractivity (Wildman–Crippen MR) is 104 cm³/mol. The van der Waals surface area contributed by atoms with Crippen LogP contribution in [0.1, 0.15) is 42.9 Å². The van der Waals surface area contributed by atoms with Crippen LogP contribution in [0.4, 0.5) is 0 Å².